The molecule has 26 heavy (non-hydrogen) atoms. The van der Waals surface area contributed by atoms with Crippen molar-refractivity contribution in [1.29, 1.82) is 0 Å². The van der Waals surface area contributed by atoms with Gasteiger partial charge in [-0.1, -0.05) is 30.3 Å². The maximum atomic E-state index is 12.5. The van der Waals surface area contributed by atoms with E-state index in [2.05, 4.69) is 18.7 Å². The summed E-state index contributed by atoms with van der Waals surface area (Å²) in [5.41, 5.74) is 0.977. The SMILES string of the molecule is CC1(C)CN(CC(O)CN(C(=O)OCc2ccccc2)C2CC2)CCS1. The van der Waals surface area contributed by atoms with Gasteiger partial charge in [0.15, 0.2) is 0 Å². The van der Waals surface area contributed by atoms with E-state index in [0.717, 1.165) is 37.2 Å². The van der Waals surface area contributed by atoms with Gasteiger partial charge in [-0.15, -0.1) is 0 Å². The maximum Gasteiger partial charge on any atom is 0.410 e. The molecule has 0 radical (unpaired) electrons. The van der Waals surface area contributed by atoms with Gasteiger partial charge in [0, 0.05) is 36.2 Å². The molecule has 2 fully saturated rings. The van der Waals surface area contributed by atoms with Gasteiger partial charge in [0.1, 0.15) is 6.61 Å². The van der Waals surface area contributed by atoms with E-state index in [4.69, 9.17) is 4.74 Å². The molecule has 1 atom stereocenters. The Morgan fingerprint density at radius 1 is 1.38 bits per heavy atom. The Bertz CT molecular complexity index is 592. The first kappa shape index (κ1) is 19.5. The van der Waals surface area contributed by atoms with Crippen LogP contribution in [0.25, 0.3) is 0 Å². The first-order valence-corrected chi connectivity index (χ1v) is 10.4. The second kappa shape index (κ2) is 8.63. The lowest BCUT2D eigenvalue weighted by atomic mass is 10.1. The van der Waals surface area contributed by atoms with Crippen LogP contribution in [0.5, 0.6) is 0 Å². The van der Waals surface area contributed by atoms with E-state index in [9.17, 15) is 9.90 Å². The predicted molar refractivity (Wildman–Crippen MR) is 105 cm³/mol. The summed E-state index contributed by atoms with van der Waals surface area (Å²) in [4.78, 5) is 16.5. The van der Waals surface area contributed by atoms with Gasteiger partial charge in [-0.25, -0.2) is 4.79 Å². The summed E-state index contributed by atoms with van der Waals surface area (Å²) in [6, 6.07) is 9.92. The topological polar surface area (TPSA) is 53.0 Å². The first-order valence-electron chi connectivity index (χ1n) is 9.45. The Balaban J connectivity index is 1.49. The standard InChI is InChI=1S/C20H30N2O3S/c1-20(2)15-21(10-11-26-20)12-18(23)13-22(17-8-9-17)19(24)25-14-16-6-4-3-5-7-16/h3-7,17-18,23H,8-15H2,1-2H3. The van der Waals surface area contributed by atoms with E-state index >= 15 is 0 Å². The van der Waals surface area contributed by atoms with Crippen molar-refractivity contribution in [2.45, 2.75) is 50.2 Å². The molecule has 1 unspecified atom stereocenters. The van der Waals surface area contributed by atoms with Crippen molar-refractivity contribution in [2.24, 2.45) is 0 Å². The summed E-state index contributed by atoms with van der Waals surface area (Å²) in [6.07, 6.45) is 1.14. The van der Waals surface area contributed by atoms with E-state index in [1.807, 2.05) is 42.1 Å². The average molecular weight is 379 g/mol. The molecule has 0 aromatic heterocycles. The summed E-state index contributed by atoms with van der Waals surface area (Å²) in [6.45, 7) is 7.68. The number of ether oxygens (including phenoxy) is 1. The number of carbonyl (C=O) groups is 1. The molecule has 0 spiro atoms. The van der Waals surface area contributed by atoms with E-state index in [1.165, 1.54) is 0 Å². The van der Waals surface area contributed by atoms with Crippen molar-refractivity contribution in [2.75, 3.05) is 31.9 Å². The molecule has 1 heterocycles. The number of nitrogens with zero attached hydrogens (tertiary/aromatic N) is 2. The zero-order chi connectivity index (χ0) is 18.6. The smallest absolute Gasteiger partial charge is 0.410 e. The number of rotatable bonds is 7. The molecular formula is C20H30N2O3S. The average Bonchev–Trinajstić information content (AvgIpc) is 3.42. The van der Waals surface area contributed by atoms with Gasteiger partial charge in [0.05, 0.1) is 12.6 Å². The summed E-state index contributed by atoms with van der Waals surface area (Å²) < 4.78 is 5.70. The third-order valence-corrected chi connectivity index (χ3v) is 6.11. The molecule has 1 aliphatic heterocycles. The lowest BCUT2D eigenvalue weighted by molar-refractivity contribution is 0.0497. The van der Waals surface area contributed by atoms with Crippen molar-refractivity contribution in [3.05, 3.63) is 35.9 Å². The van der Waals surface area contributed by atoms with Crippen LogP contribution in [0.3, 0.4) is 0 Å². The molecule has 1 amide bonds. The number of carbonyl (C=O) groups excluding carboxylic acids is 1. The Morgan fingerprint density at radius 3 is 2.77 bits per heavy atom. The van der Waals surface area contributed by atoms with Gasteiger partial charge in [0.2, 0.25) is 0 Å². The zero-order valence-corrected chi connectivity index (χ0v) is 16.6. The van der Waals surface area contributed by atoms with E-state index in [1.54, 1.807) is 4.90 Å². The fourth-order valence-electron chi connectivity index (χ4n) is 3.41. The van der Waals surface area contributed by atoms with Crippen LogP contribution < -0.4 is 0 Å². The first-order chi connectivity index (χ1) is 12.4. The van der Waals surface area contributed by atoms with Crippen molar-refractivity contribution < 1.29 is 14.6 Å². The molecular weight excluding hydrogens is 348 g/mol. The zero-order valence-electron chi connectivity index (χ0n) is 15.8. The van der Waals surface area contributed by atoms with Crippen LogP contribution in [0.4, 0.5) is 4.79 Å². The van der Waals surface area contributed by atoms with E-state index in [-0.39, 0.29) is 23.5 Å². The largest absolute Gasteiger partial charge is 0.445 e. The van der Waals surface area contributed by atoms with Gasteiger partial charge in [-0.05, 0) is 32.3 Å². The summed E-state index contributed by atoms with van der Waals surface area (Å²) in [7, 11) is 0. The van der Waals surface area contributed by atoms with Gasteiger partial charge in [-0.2, -0.15) is 11.8 Å². The molecule has 1 aromatic carbocycles. The third-order valence-electron chi connectivity index (χ3n) is 4.81. The van der Waals surface area contributed by atoms with Gasteiger partial charge in [-0.3, -0.25) is 4.90 Å². The van der Waals surface area contributed by atoms with Crippen LogP contribution in [0.2, 0.25) is 0 Å². The van der Waals surface area contributed by atoms with Crippen LogP contribution in [-0.4, -0.2) is 69.8 Å². The monoisotopic (exact) mass is 378 g/mol. The lowest BCUT2D eigenvalue weighted by Gasteiger charge is -2.38. The Hall–Kier alpha value is -1.24. The lowest BCUT2D eigenvalue weighted by Crippen LogP contribution is -2.49. The minimum absolute atomic E-state index is 0.223. The minimum atomic E-state index is -0.543. The molecule has 6 heteroatoms. The number of thioether (sulfide) groups is 1. The summed E-state index contributed by atoms with van der Waals surface area (Å²) in [5, 5.41) is 10.6. The Labute approximate surface area is 160 Å². The number of hydrogen-bond donors (Lipinski definition) is 1. The Kier molecular flexibility index (Phi) is 6.48. The molecule has 2 aliphatic rings. The quantitative estimate of drug-likeness (QED) is 0.791. The minimum Gasteiger partial charge on any atom is -0.445 e. The van der Waals surface area contributed by atoms with Crippen molar-refractivity contribution in [3.8, 4) is 0 Å². The van der Waals surface area contributed by atoms with E-state index in [0.29, 0.717) is 13.1 Å². The van der Waals surface area contributed by atoms with Crippen LogP contribution in [0, 0.1) is 0 Å². The van der Waals surface area contributed by atoms with Crippen LogP contribution in [-0.2, 0) is 11.3 Å². The fourth-order valence-corrected chi connectivity index (χ4v) is 4.59. The molecule has 1 N–H and O–H groups in total. The molecule has 5 nitrogen and oxygen atoms in total. The molecule has 0 bridgehead atoms. The van der Waals surface area contributed by atoms with Crippen LogP contribution >= 0.6 is 11.8 Å². The van der Waals surface area contributed by atoms with Crippen LogP contribution in [0.1, 0.15) is 32.3 Å². The highest BCUT2D eigenvalue weighted by atomic mass is 32.2. The second-order valence-electron chi connectivity index (χ2n) is 7.92. The van der Waals surface area contributed by atoms with Gasteiger partial charge in [0.25, 0.3) is 0 Å². The summed E-state index contributed by atoms with van der Waals surface area (Å²) in [5.74, 6) is 1.09. The van der Waals surface area contributed by atoms with Crippen molar-refractivity contribution in [1.82, 2.24) is 9.80 Å². The fraction of sp³-hybridized carbons (Fsp3) is 0.650. The normalized spacial score (nSPS) is 21.2. The van der Waals surface area contributed by atoms with Gasteiger partial charge >= 0.3 is 6.09 Å². The molecule has 1 aliphatic carbocycles. The number of β-amino-alcohol motifs (C(OH)–C–C–N with tert-alkyl or cyclic N) is 1. The third kappa shape index (κ3) is 5.89. The summed E-state index contributed by atoms with van der Waals surface area (Å²) >= 11 is 1.98. The van der Waals surface area contributed by atoms with E-state index < -0.39 is 6.10 Å². The molecule has 1 saturated heterocycles. The molecule has 3 rings (SSSR count). The highest BCUT2D eigenvalue weighted by Gasteiger charge is 2.35. The number of hydrogen-bond acceptors (Lipinski definition) is 5. The maximum absolute atomic E-state index is 12.5. The van der Waals surface area contributed by atoms with Crippen molar-refractivity contribution in [3.63, 3.8) is 0 Å². The van der Waals surface area contributed by atoms with Crippen molar-refractivity contribution >= 4 is 17.9 Å². The number of amides is 1. The highest BCUT2D eigenvalue weighted by Crippen LogP contribution is 2.30. The number of benzene rings is 1. The molecule has 1 saturated carbocycles. The molecule has 1 aromatic rings. The van der Waals surface area contributed by atoms with Gasteiger partial charge < -0.3 is 14.7 Å². The predicted octanol–water partition coefficient (Wildman–Crippen LogP) is 2.98. The number of aliphatic hydroxyl groups is 1. The highest BCUT2D eigenvalue weighted by molar-refractivity contribution is 8.00. The Morgan fingerprint density at radius 2 is 2.12 bits per heavy atom. The molecule has 144 valence electrons. The number of aliphatic hydroxyl groups excluding tert-OH is 1. The second-order valence-corrected chi connectivity index (χ2v) is 9.72. The van der Waals surface area contributed by atoms with Crippen LogP contribution in [0.15, 0.2) is 30.3 Å².